The summed E-state index contributed by atoms with van der Waals surface area (Å²) in [6.07, 6.45) is 8.02. The Bertz CT molecular complexity index is 411. The van der Waals surface area contributed by atoms with Crippen LogP contribution in [0.25, 0.3) is 0 Å². The van der Waals surface area contributed by atoms with Gasteiger partial charge in [0.15, 0.2) is 0 Å². The van der Waals surface area contributed by atoms with E-state index in [0.29, 0.717) is 6.04 Å². The van der Waals surface area contributed by atoms with Crippen molar-refractivity contribution in [2.75, 3.05) is 6.54 Å². The van der Waals surface area contributed by atoms with Crippen LogP contribution >= 0.6 is 27.7 Å². The molecule has 1 saturated carbocycles. The van der Waals surface area contributed by atoms with E-state index in [2.05, 4.69) is 39.4 Å². The minimum absolute atomic E-state index is 0.688. The van der Waals surface area contributed by atoms with E-state index >= 15 is 0 Å². The molecule has 0 radical (unpaired) electrons. The van der Waals surface area contributed by atoms with Crippen molar-refractivity contribution in [2.45, 2.75) is 54.7 Å². The van der Waals surface area contributed by atoms with Crippen LogP contribution in [-0.2, 0) is 6.42 Å². The van der Waals surface area contributed by atoms with Crippen LogP contribution in [0.2, 0.25) is 0 Å². The van der Waals surface area contributed by atoms with Gasteiger partial charge in [0.25, 0.3) is 0 Å². The first-order valence-electron chi connectivity index (χ1n) is 7.00. The molecule has 1 nitrogen and oxygen atoms in total. The second-order valence-corrected chi connectivity index (χ2v) is 7.63. The number of thioether (sulfide) groups is 1. The predicted molar refractivity (Wildman–Crippen MR) is 82.4 cm³/mol. The highest BCUT2D eigenvalue weighted by atomic mass is 79.9. The normalized spacial score (nSPS) is 24.2. The molecule has 0 amide bonds. The van der Waals surface area contributed by atoms with E-state index in [4.69, 9.17) is 0 Å². The van der Waals surface area contributed by atoms with Gasteiger partial charge in [0.05, 0.1) is 0 Å². The van der Waals surface area contributed by atoms with Crippen molar-refractivity contribution in [1.82, 2.24) is 5.32 Å². The van der Waals surface area contributed by atoms with Crippen molar-refractivity contribution in [3.8, 4) is 0 Å². The molecule has 1 unspecified atom stereocenters. The Morgan fingerprint density at radius 3 is 2.78 bits per heavy atom. The third-order valence-electron chi connectivity index (χ3n) is 3.71. The van der Waals surface area contributed by atoms with Gasteiger partial charge in [-0.1, -0.05) is 12.5 Å². The van der Waals surface area contributed by atoms with Crippen LogP contribution in [-0.4, -0.2) is 17.8 Å². The van der Waals surface area contributed by atoms with Crippen LogP contribution in [0, 0.1) is 0 Å². The molecule has 0 spiro atoms. The van der Waals surface area contributed by atoms with Gasteiger partial charge in [-0.15, -0.1) is 11.8 Å². The van der Waals surface area contributed by atoms with Gasteiger partial charge in [-0.05, 0) is 72.3 Å². The predicted octanol–water partition coefficient (Wildman–Crippen LogP) is 4.39. The lowest BCUT2D eigenvalue weighted by atomic mass is 9.98. The fourth-order valence-electron chi connectivity index (χ4n) is 2.52. The third-order valence-corrected chi connectivity index (χ3v) is 6.04. The summed E-state index contributed by atoms with van der Waals surface area (Å²) in [5.41, 5.74) is 1.46. The van der Waals surface area contributed by atoms with Gasteiger partial charge in [-0.3, -0.25) is 0 Å². The van der Waals surface area contributed by atoms with E-state index < -0.39 is 0 Å². The van der Waals surface area contributed by atoms with E-state index in [-0.39, 0.29) is 0 Å². The molecule has 18 heavy (non-hydrogen) atoms. The zero-order valence-corrected chi connectivity index (χ0v) is 13.0. The number of halogens is 1. The minimum Gasteiger partial charge on any atom is -0.314 e. The highest BCUT2D eigenvalue weighted by Gasteiger charge is 2.23. The lowest BCUT2D eigenvalue weighted by Gasteiger charge is -2.23. The molecule has 98 valence electrons. The Hall–Kier alpha value is 0.01000. The second kappa shape index (κ2) is 5.98. The first kappa shape index (κ1) is 13.0. The lowest BCUT2D eigenvalue weighted by Crippen LogP contribution is -2.35. The number of rotatable bonds is 4. The molecular weight excluding hydrogens is 306 g/mol. The SMILES string of the molecule is Brc1cc(CC2CCCCN2)ccc1SC1CC1. The lowest BCUT2D eigenvalue weighted by molar-refractivity contribution is 0.399. The summed E-state index contributed by atoms with van der Waals surface area (Å²) in [6, 6.07) is 7.62. The van der Waals surface area contributed by atoms with Gasteiger partial charge in [0.1, 0.15) is 0 Å². The molecule has 0 bridgehead atoms. The molecule has 1 aromatic rings. The van der Waals surface area contributed by atoms with Crippen molar-refractivity contribution < 1.29 is 0 Å². The van der Waals surface area contributed by atoms with Gasteiger partial charge < -0.3 is 5.32 Å². The van der Waals surface area contributed by atoms with Crippen molar-refractivity contribution >= 4 is 27.7 Å². The standard InChI is InChI=1S/C15H20BrNS/c16-14-10-11(9-12-3-1-2-8-17-12)4-7-15(14)18-13-5-6-13/h4,7,10,12-13,17H,1-3,5-6,8-9H2. The molecule has 1 aliphatic heterocycles. The molecule has 1 saturated heterocycles. The van der Waals surface area contributed by atoms with Gasteiger partial charge in [0, 0.05) is 20.7 Å². The van der Waals surface area contributed by atoms with E-state index in [9.17, 15) is 0 Å². The fourth-order valence-corrected chi connectivity index (χ4v) is 4.27. The molecule has 2 aliphatic rings. The smallest absolute Gasteiger partial charge is 0.0314 e. The quantitative estimate of drug-likeness (QED) is 0.881. The molecule has 1 aromatic carbocycles. The second-order valence-electron chi connectivity index (χ2n) is 5.43. The third kappa shape index (κ3) is 3.52. The fraction of sp³-hybridized carbons (Fsp3) is 0.600. The van der Waals surface area contributed by atoms with Crippen molar-refractivity contribution in [3.05, 3.63) is 28.2 Å². The number of hydrogen-bond donors (Lipinski definition) is 1. The molecule has 3 rings (SSSR count). The van der Waals surface area contributed by atoms with Crippen LogP contribution in [0.5, 0.6) is 0 Å². The topological polar surface area (TPSA) is 12.0 Å². The maximum atomic E-state index is 3.73. The molecule has 1 aliphatic carbocycles. The van der Waals surface area contributed by atoms with Gasteiger partial charge in [-0.25, -0.2) is 0 Å². The van der Waals surface area contributed by atoms with Crippen LogP contribution in [0.4, 0.5) is 0 Å². The van der Waals surface area contributed by atoms with Crippen LogP contribution < -0.4 is 5.32 Å². The molecule has 1 N–H and O–H groups in total. The van der Waals surface area contributed by atoms with E-state index in [1.165, 1.54) is 60.0 Å². The highest BCUT2D eigenvalue weighted by Crippen LogP contribution is 2.42. The molecule has 2 fully saturated rings. The van der Waals surface area contributed by atoms with Crippen LogP contribution in [0.3, 0.4) is 0 Å². The first-order chi connectivity index (χ1) is 8.81. The molecular formula is C15H20BrNS. The van der Waals surface area contributed by atoms with Crippen molar-refractivity contribution in [2.24, 2.45) is 0 Å². The van der Waals surface area contributed by atoms with Gasteiger partial charge >= 0.3 is 0 Å². The number of nitrogens with one attached hydrogen (secondary N) is 1. The summed E-state index contributed by atoms with van der Waals surface area (Å²) < 4.78 is 1.28. The first-order valence-corrected chi connectivity index (χ1v) is 8.67. The number of hydrogen-bond acceptors (Lipinski definition) is 2. The molecule has 0 aromatic heterocycles. The van der Waals surface area contributed by atoms with E-state index in [1.54, 1.807) is 0 Å². The molecule has 1 atom stereocenters. The summed E-state index contributed by atoms with van der Waals surface area (Å²) in [7, 11) is 0. The van der Waals surface area contributed by atoms with E-state index in [1.807, 2.05) is 11.8 Å². The maximum absolute atomic E-state index is 3.73. The number of benzene rings is 1. The molecule has 3 heteroatoms. The van der Waals surface area contributed by atoms with Gasteiger partial charge in [0.2, 0.25) is 0 Å². The van der Waals surface area contributed by atoms with E-state index in [0.717, 1.165) is 5.25 Å². The Balaban J connectivity index is 1.63. The Morgan fingerprint density at radius 2 is 2.11 bits per heavy atom. The van der Waals surface area contributed by atoms with Crippen molar-refractivity contribution in [1.29, 1.82) is 0 Å². The van der Waals surface area contributed by atoms with Crippen LogP contribution in [0.15, 0.2) is 27.6 Å². The largest absolute Gasteiger partial charge is 0.314 e. The zero-order chi connectivity index (χ0) is 12.4. The monoisotopic (exact) mass is 325 g/mol. The number of piperidine rings is 1. The molecule has 1 heterocycles. The summed E-state index contributed by atoms with van der Waals surface area (Å²) in [4.78, 5) is 1.41. The Kier molecular flexibility index (Phi) is 4.32. The van der Waals surface area contributed by atoms with Crippen molar-refractivity contribution in [3.63, 3.8) is 0 Å². The maximum Gasteiger partial charge on any atom is 0.0314 e. The summed E-state index contributed by atoms with van der Waals surface area (Å²) in [5, 5.41) is 4.50. The van der Waals surface area contributed by atoms with Gasteiger partial charge in [-0.2, -0.15) is 0 Å². The average Bonchev–Trinajstić information content (AvgIpc) is 3.18. The summed E-state index contributed by atoms with van der Waals surface area (Å²) >= 11 is 5.76. The van der Waals surface area contributed by atoms with Crippen LogP contribution in [0.1, 0.15) is 37.7 Å². The Morgan fingerprint density at radius 1 is 1.22 bits per heavy atom. The Labute approximate surface area is 122 Å². The summed E-state index contributed by atoms with van der Waals surface area (Å²) in [6.45, 7) is 1.20. The zero-order valence-electron chi connectivity index (χ0n) is 10.6. The highest BCUT2D eigenvalue weighted by molar-refractivity contribution is 9.10. The minimum atomic E-state index is 0.688. The average molecular weight is 326 g/mol. The summed E-state index contributed by atoms with van der Waals surface area (Å²) in [5.74, 6) is 0.